The van der Waals surface area contributed by atoms with E-state index in [9.17, 15) is 9.00 Å². The smallest absolute Gasteiger partial charge is 0.254 e. The third kappa shape index (κ3) is 5.06. The molecule has 3 fully saturated rings. The van der Waals surface area contributed by atoms with Crippen LogP contribution in [0.15, 0.2) is 40.8 Å². The van der Waals surface area contributed by atoms with Crippen LogP contribution in [0.2, 0.25) is 5.02 Å². The molecule has 1 aliphatic carbocycles. The number of hydrogen-bond donors (Lipinski definition) is 1. The zero-order chi connectivity index (χ0) is 27.3. The summed E-state index contributed by atoms with van der Waals surface area (Å²) in [7, 11) is -1.60. The fourth-order valence-electron chi connectivity index (χ4n) is 7.64. The Morgan fingerprint density at radius 2 is 1.98 bits per heavy atom. The van der Waals surface area contributed by atoms with E-state index in [1.54, 1.807) is 6.07 Å². The normalized spacial score (nSPS) is 32.6. The van der Waals surface area contributed by atoms with E-state index in [0.717, 1.165) is 81.0 Å². The van der Waals surface area contributed by atoms with Crippen LogP contribution in [0.5, 0.6) is 5.75 Å². The molecule has 1 amide bonds. The predicted molar refractivity (Wildman–Crippen MR) is 157 cm³/mol. The summed E-state index contributed by atoms with van der Waals surface area (Å²) in [6, 6.07) is 11.9. The molecular weight excluding hydrogens is 546 g/mol. The van der Waals surface area contributed by atoms with Crippen molar-refractivity contribution >= 4 is 33.8 Å². The minimum absolute atomic E-state index is 0.0683. The number of benzene rings is 2. The number of carbonyl (C=O) groups is 1. The molecule has 40 heavy (non-hydrogen) atoms. The molecule has 7 rings (SSSR count). The van der Waals surface area contributed by atoms with E-state index in [0.29, 0.717) is 36.3 Å². The molecule has 0 radical (unpaired) electrons. The summed E-state index contributed by atoms with van der Waals surface area (Å²) in [6.07, 6.45) is 8.32. The number of rotatable bonds is 0. The Kier molecular flexibility index (Phi) is 7.31. The molecule has 1 saturated carbocycles. The lowest BCUT2D eigenvalue weighted by molar-refractivity contribution is -0.0358. The molecule has 1 spiro atoms. The summed E-state index contributed by atoms with van der Waals surface area (Å²) >= 11 is 6.43. The van der Waals surface area contributed by atoms with E-state index in [-0.39, 0.29) is 17.7 Å². The quantitative estimate of drug-likeness (QED) is 0.403. The molecule has 4 bridgehead atoms. The van der Waals surface area contributed by atoms with Crippen molar-refractivity contribution in [3.63, 3.8) is 0 Å². The number of anilines is 1. The lowest BCUT2D eigenvalue weighted by Gasteiger charge is -2.47. The maximum atomic E-state index is 13.3. The zero-order valence-corrected chi connectivity index (χ0v) is 24.4. The SMILES string of the molecule is O=C1N=[S-](=O)C[C@@H]2CC[C@]3(CCO[C@@H]3[C@@H]3CC[C@H]3CN3Cc4ccc(Cl)cc4CCCCOc4ccc1cc43)N2. The standard InChI is InChI=1S/C31H37ClN3O4S/c32-24-7-4-22-17-35-18-23-5-8-26(23)29-31(12-14-39-29)11-10-25(33-31)19-40(37)34-30(36)21-6-9-28(27(35)16-21)38-13-2-1-3-20(22)15-24/h4,6-7,9,15-16,23,25-26,29,33H,1-3,5,8,10-14,17-19H2/q-1/t23-,25-,26+,29+,31+/m0/s1. The molecule has 2 saturated heterocycles. The van der Waals surface area contributed by atoms with E-state index in [2.05, 4.69) is 26.7 Å². The maximum Gasteiger partial charge on any atom is 0.254 e. The first-order valence-corrected chi connectivity index (χ1v) is 16.5. The second-order valence-electron chi connectivity index (χ2n) is 12.2. The fraction of sp³-hybridized carbons (Fsp3) is 0.581. The third-order valence-electron chi connectivity index (χ3n) is 9.84. The highest BCUT2D eigenvalue weighted by Gasteiger charge is 2.54. The molecule has 9 heteroatoms. The average Bonchev–Trinajstić information content (AvgIpc) is 3.50. The van der Waals surface area contributed by atoms with Crippen LogP contribution in [0.3, 0.4) is 0 Å². The Balaban J connectivity index is 1.33. The second kappa shape index (κ2) is 10.9. The van der Waals surface area contributed by atoms with Crippen LogP contribution in [0.25, 0.3) is 0 Å². The maximum absolute atomic E-state index is 13.3. The number of halogens is 1. The fourth-order valence-corrected chi connectivity index (χ4v) is 8.80. The van der Waals surface area contributed by atoms with Crippen LogP contribution in [-0.2, 0) is 32.5 Å². The Morgan fingerprint density at radius 1 is 1.05 bits per heavy atom. The number of nitrogens with one attached hydrogen (secondary N) is 1. The zero-order valence-electron chi connectivity index (χ0n) is 22.8. The van der Waals surface area contributed by atoms with Crippen molar-refractivity contribution in [1.29, 1.82) is 0 Å². The Bertz CT molecular complexity index is 1390. The van der Waals surface area contributed by atoms with Gasteiger partial charge in [-0.1, -0.05) is 23.4 Å². The van der Waals surface area contributed by atoms with Gasteiger partial charge < -0.3 is 28.3 Å². The van der Waals surface area contributed by atoms with E-state index >= 15 is 0 Å². The number of amides is 1. The Labute approximate surface area is 243 Å². The molecule has 4 heterocycles. The summed E-state index contributed by atoms with van der Waals surface area (Å²) in [4.78, 5) is 15.7. The van der Waals surface area contributed by atoms with E-state index in [1.807, 2.05) is 18.2 Å². The van der Waals surface area contributed by atoms with Crippen LogP contribution in [-0.4, -0.2) is 49.1 Å². The number of aryl methyl sites for hydroxylation is 1. The summed E-state index contributed by atoms with van der Waals surface area (Å²) in [5.41, 5.74) is 3.80. The van der Waals surface area contributed by atoms with Crippen molar-refractivity contribution in [2.75, 3.05) is 30.4 Å². The minimum atomic E-state index is -1.60. The van der Waals surface area contributed by atoms with Crippen LogP contribution >= 0.6 is 11.6 Å². The van der Waals surface area contributed by atoms with Crippen LogP contribution in [0.4, 0.5) is 5.69 Å². The number of hydrogen-bond acceptors (Lipinski definition) is 7. The topological polar surface area (TPSA) is 80.2 Å². The lowest BCUT2D eigenvalue weighted by Crippen LogP contribution is -2.57. The van der Waals surface area contributed by atoms with Gasteiger partial charge in [0.2, 0.25) is 0 Å². The van der Waals surface area contributed by atoms with Gasteiger partial charge in [0.1, 0.15) is 5.75 Å². The monoisotopic (exact) mass is 582 g/mol. The highest BCUT2D eigenvalue weighted by molar-refractivity contribution is 7.75. The van der Waals surface area contributed by atoms with Crippen molar-refractivity contribution < 1.29 is 18.5 Å². The van der Waals surface area contributed by atoms with Crippen molar-refractivity contribution in [3.8, 4) is 5.75 Å². The molecule has 4 aliphatic heterocycles. The number of carbonyl (C=O) groups excluding carboxylic acids is 1. The van der Waals surface area contributed by atoms with Crippen LogP contribution in [0, 0.1) is 11.8 Å². The first kappa shape index (κ1) is 26.7. The Morgan fingerprint density at radius 3 is 2.85 bits per heavy atom. The Hall–Kier alpha value is -2.13. The summed E-state index contributed by atoms with van der Waals surface area (Å²) in [5, 5.41) is 4.60. The van der Waals surface area contributed by atoms with Crippen molar-refractivity contribution in [3.05, 3.63) is 58.1 Å². The third-order valence-corrected chi connectivity index (χ3v) is 11.1. The van der Waals surface area contributed by atoms with Gasteiger partial charge in [0.15, 0.2) is 0 Å². The first-order valence-electron chi connectivity index (χ1n) is 14.8. The van der Waals surface area contributed by atoms with Gasteiger partial charge in [0, 0.05) is 35.8 Å². The molecule has 2 aromatic carbocycles. The molecule has 5 atom stereocenters. The number of ether oxygens (including phenoxy) is 2. The number of fused-ring (bicyclic) bond motifs is 5. The minimum Gasteiger partial charge on any atom is -0.491 e. The molecule has 0 unspecified atom stereocenters. The molecule has 1 N–H and O–H groups in total. The van der Waals surface area contributed by atoms with E-state index < -0.39 is 16.5 Å². The highest BCUT2D eigenvalue weighted by atomic mass is 35.5. The highest BCUT2D eigenvalue weighted by Crippen LogP contribution is 2.49. The van der Waals surface area contributed by atoms with Crippen molar-refractivity contribution in [2.24, 2.45) is 16.2 Å². The molecular formula is C31H37ClN3O4S-. The lowest BCUT2D eigenvalue weighted by atomic mass is 9.65. The van der Waals surface area contributed by atoms with Gasteiger partial charge in [-0.15, -0.1) is 0 Å². The van der Waals surface area contributed by atoms with Gasteiger partial charge in [-0.05, 0) is 111 Å². The van der Waals surface area contributed by atoms with E-state index in [1.165, 1.54) is 11.1 Å². The van der Waals surface area contributed by atoms with Gasteiger partial charge in [0.05, 0.1) is 18.4 Å². The van der Waals surface area contributed by atoms with Gasteiger partial charge in [-0.25, -0.2) is 0 Å². The van der Waals surface area contributed by atoms with Gasteiger partial charge in [-0.2, -0.15) is 10.6 Å². The van der Waals surface area contributed by atoms with Gasteiger partial charge in [-0.3, -0.25) is 4.79 Å². The van der Waals surface area contributed by atoms with Gasteiger partial charge >= 0.3 is 0 Å². The molecule has 7 nitrogen and oxygen atoms in total. The van der Waals surface area contributed by atoms with Gasteiger partial charge in [0.25, 0.3) is 5.91 Å². The largest absolute Gasteiger partial charge is 0.491 e. The molecule has 5 aliphatic rings. The molecule has 0 aromatic heterocycles. The average molecular weight is 583 g/mol. The van der Waals surface area contributed by atoms with E-state index in [4.69, 9.17) is 21.1 Å². The van der Waals surface area contributed by atoms with Crippen molar-refractivity contribution in [1.82, 2.24) is 5.32 Å². The molecule has 214 valence electrons. The van der Waals surface area contributed by atoms with Crippen LogP contribution < -0.4 is 15.0 Å². The summed E-state index contributed by atoms with van der Waals surface area (Å²) < 4.78 is 30.0. The van der Waals surface area contributed by atoms with Crippen LogP contribution in [0.1, 0.15) is 66.4 Å². The predicted octanol–water partition coefficient (Wildman–Crippen LogP) is 5.67. The second-order valence-corrected chi connectivity index (χ2v) is 13.8. The summed E-state index contributed by atoms with van der Waals surface area (Å²) in [5.74, 6) is 1.63. The van der Waals surface area contributed by atoms with Crippen molar-refractivity contribution in [2.45, 2.75) is 75.6 Å². The number of nitrogens with zero attached hydrogens (tertiary/aromatic N) is 2. The first-order chi connectivity index (χ1) is 19.5. The molecule has 2 aromatic rings. The summed E-state index contributed by atoms with van der Waals surface area (Å²) in [6.45, 7) is 2.92.